The molecule has 3 aromatic carbocycles. The number of carbonyl (C=O) groups is 1. The molecule has 1 fully saturated rings. The zero-order valence-electron chi connectivity index (χ0n) is 23.0. The Kier molecular flexibility index (Phi) is 9.73. The molecule has 0 unspecified atom stereocenters. The average Bonchev–Trinajstić information content (AvgIpc) is 3.56. The minimum atomic E-state index is -0.902. The Morgan fingerprint density at radius 1 is 0.900 bits per heavy atom. The molecule has 0 bridgehead atoms. The number of aryl methyl sites for hydroxylation is 2. The third-order valence-electron chi connectivity index (χ3n) is 6.79. The molecule has 4 aromatic rings. The van der Waals surface area contributed by atoms with Gasteiger partial charge < -0.3 is 23.9 Å². The molecule has 1 saturated heterocycles. The summed E-state index contributed by atoms with van der Waals surface area (Å²) in [5.41, 5.74) is 5.44. The van der Waals surface area contributed by atoms with Gasteiger partial charge in [0.2, 0.25) is 0 Å². The summed E-state index contributed by atoms with van der Waals surface area (Å²) >= 11 is 0. The van der Waals surface area contributed by atoms with Crippen molar-refractivity contribution in [2.24, 2.45) is 0 Å². The summed E-state index contributed by atoms with van der Waals surface area (Å²) in [6.07, 6.45) is 2.13. The number of hydrogen-bond donors (Lipinski definition) is 0. The van der Waals surface area contributed by atoms with Crippen LogP contribution in [0.4, 0.5) is 0 Å². The van der Waals surface area contributed by atoms with Gasteiger partial charge in [-0.05, 0) is 90.4 Å². The molecule has 0 N–H and O–H groups in total. The first-order valence-electron chi connectivity index (χ1n) is 12.9. The fourth-order valence-electron chi connectivity index (χ4n) is 4.89. The minimum Gasteiger partial charge on any atom is -0.489 e. The summed E-state index contributed by atoms with van der Waals surface area (Å²) < 4.78 is 17.5. The zero-order valence-corrected chi connectivity index (χ0v) is 25.0. The molecule has 40 heavy (non-hydrogen) atoms. The molecule has 0 spiro atoms. The SMILES string of the molecule is Cc1cc(OCC(=O)N2CCCC2)cc(C)c1-c1cccc(COc2ccc(Cn3oc(=O)[n-]c3=O)cc2)c1.[Na+]. The van der Waals surface area contributed by atoms with Gasteiger partial charge >= 0.3 is 35.3 Å². The maximum absolute atomic E-state index is 12.3. The van der Waals surface area contributed by atoms with E-state index in [1.807, 2.05) is 43.0 Å². The van der Waals surface area contributed by atoms with Gasteiger partial charge in [-0.1, -0.05) is 30.3 Å². The second kappa shape index (κ2) is 13.2. The Bertz CT molecular complexity index is 1560. The van der Waals surface area contributed by atoms with E-state index in [1.165, 1.54) is 0 Å². The Morgan fingerprint density at radius 3 is 2.25 bits per heavy atom. The van der Waals surface area contributed by atoms with Gasteiger partial charge in [0.05, 0.1) is 0 Å². The van der Waals surface area contributed by atoms with Gasteiger partial charge in [0.1, 0.15) is 18.1 Å². The van der Waals surface area contributed by atoms with Gasteiger partial charge in [0, 0.05) is 19.6 Å². The number of aromatic nitrogens is 2. The molecular weight excluding hydrogens is 521 g/mol. The Balaban J connectivity index is 0.00000370. The smallest absolute Gasteiger partial charge is 0.489 e. The van der Waals surface area contributed by atoms with Crippen LogP contribution in [0, 0.1) is 13.8 Å². The van der Waals surface area contributed by atoms with Crippen molar-refractivity contribution in [1.82, 2.24) is 14.6 Å². The molecule has 0 aliphatic carbocycles. The molecule has 10 heteroatoms. The van der Waals surface area contributed by atoms with Crippen LogP contribution in [0.5, 0.6) is 11.5 Å². The van der Waals surface area contributed by atoms with Crippen molar-refractivity contribution < 1.29 is 48.3 Å². The minimum absolute atomic E-state index is 0. The molecule has 2 heterocycles. The standard InChI is InChI=1S/C30H31N3O6.Na/c1-20-14-26(38-19-27(34)32-12-3-4-13-32)15-21(2)28(20)24-7-5-6-23(16-24)18-37-25-10-8-22(9-11-25)17-33-29(35)31-30(36)39-33;/h5-11,14-16H,3-4,12-13,17-19H2,1-2H3,(H,31,35,36);/q;+1/p-1. The predicted molar refractivity (Wildman–Crippen MR) is 145 cm³/mol. The quantitative estimate of drug-likeness (QED) is 0.282. The second-order valence-electron chi connectivity index (χ2n) is 9.73. The molecular formula is C30H30N3NaO6. The molecule has 202 valence electrons. The van der Waals surface area contributed by atoms with Crippen LogP contribution in [0.3, 0.4) is 0 Å². The van der Waals surface area contributed by atoms with Crippen molar-refractivity contribution in [3.8, 4) is 22.6 Å². The number of carbonyl (C=O) groups excluding carboxylic acids is 1. The van der Waals surface area contributed by atoms with Gasteiger partial charge in [-0.3, -0.25) is 14.3 Å². The van der Waals surface area contributed by atoms with E-state index in [9.17, 15) is 14.4 Å². The molecule has 0 saturated carbocycles. The van der Waals surface area contributed by atoms with Gasteiger partial charge in [0.15, 0.2) is 12.3 Å². The molecule has 1 aliphatic rings. The third kappa shape index (κ3) is 7.15. The van der Waals surface area contributed by atoms with E-state index in [0.29, 0.717) is 18.1 Å². The fourth-order valence-corrected chi connectivity index (χ4v) is 4.89. The van der Waals surface area contributed by atoms with Gasteiger partial charge in [0.25, 0.3) is 5.91 Å². The molecule has 0 atom stereocenters. The summed E-state index contributed by atoms with van der Waals surface area (Å²) in [6.45, 7) is 6.30. The first kappa shape index (κ1) is 29.5. The van der Waals surface area contributed by atoms with E-state index in [0.717, 1.165) is 64.1 Å². The first-order chi connectivity index (χ1) is 18.9. The van der Waals surface area contributed by atoms with Crippen molar-refractivity contribution in [1.29, 1.82) is 0 Å². The molecule has 1 amide bonds. The van der Waals surface area contributed by atoms with Crippen molar-refractivity contribution in [2.75, 3.05) is 19.7 Å². The summed E-state index contributed by atoms with van der Waals surface area (Å²) in [6, 6.07) is 19.4. The number of rotatable bonds is 9. The largest absolute Gasteiger partial charge is 1.00 e. The number of amides is 1. The number of likely N-dealkylation sites (tertiary alicyclic amines) is 1. The number of nitrogens with zero attached hydrogens (tertiary/aromatic N) is 3. The first-order valence-corrected chi connectivity index (χ1v) is 12.9. The Morgan fingerprint density at radius 2 is 1.60 bits per heavy atom. The van der Waals surface area contributed by atoms with Crippen LogP contribution in [0.25, 0.3) is 11.1 Å². The molecule has 1 aromatic heterocycles. The Hall–Kier alpha value is -3.53. The van der Waals surface area contributed by atoms with Gasteiger partial charge in [-0.2, -0.15) is 0 Å². The van der Waals surface area contributed by atoms with E-state index < -0.39 is 11.4 Å². The van der Waals surface area contributed by atoms with Crippen LogP contribution < -0.4 is 55.5 Å². The van der Waals surface area contributed by atoms with E-state index in [-0.39, 0.29) is 48.6 Å². The van der Waals surface area contributed by atoms with Gasteiger partial charge in [-0.25, -0.2) is 4.79 Å². The van der Waals surface area contributed by atoms with E-state index in [1.54, 1.807) is 24.3 Å². The van der Waals surface area contributed by atoms with E-state index in [2.05, 4.69) is 17.1 Å². The maximum Gasteiger partial charge on any atom is 1.00 e. The molecule has 0 radical (unpaired) electrons. The molecule has 1 aliphatic heterocycles. The normalized spacial score (nSPS) is 12.7. The monoisotopic (exact) mass is 551 g/mol. The van der Waals surface area contributed by atoms with Gasteiger partial charge in [-0.15, -0.1) is 0 Å². The van der Waals surface area contributed by atoms with Crippen LogP contribution in [0.1, 0.15) is 35.1 Å². The van der Waals surface area contributed by atoms with E-state index in [4.69, 9.17) is 14.0 Å². The zero-order chi connectivity index (χ0) is 27.4. The topological polar surface area (TPSA) is 105 Å². The van der Waals surface area contributed by atoms with Crippen LogP contribution in [0.2, 0.25) is 0 Å². The fraction of sp³-hybridized carbons (Fsp3) is 0.300. The maximum atomic E-state index is 12.3. The summed E-state index contributed by atoms with van der Waals surface area (Å²) in [5.74, 6) is 0.514. The van der Waals surface area contributed by atoms with Crippen molar-refractivity contribution >= 4 is 5.91 Å². The number of ether oxygens (including phenoxy) is 2. The van der Waals surface area contributed by atoms with Crippen LogP contribution in [0.15, 0.2) is 74.8 Å². The number of benzene rings is 3. The van der Waals surface area contributed by atoms with Crippen LogP contribution in [-0.2, 0) is 17.9 Å². The van der Waals surface area contributed by atoms with E-state index >= 15 is 0 Å². The number of hydrogen-bond acceptors (Lipinski definition) is 6. The average molecular weight is 552 g/mol. The third-order valence-corrected chi connectivity index (χ3v) is 6.79. The molecule has 5 rings (SSSR count). The summed E-state index contributed by atoms with van der Waals surface area (Å²) in [4.78, 5) is 40.1. The summed E-state index contributed by atoms with van der Waals surface area (Å²) in [7, 11) is 0. The second-order valence-corrected chi connectivity index (χ2v) is 9.73. The predicted octanol–water partition coefficient (Wildman–Crippen LogP) is 0.675. The van der Waals surface area contributed by atoms with Crippen molar-refractivity contribution in [3.63, 3.8) is 0 Å². The summed E-state index contributed by atoms with van der Waals surface area (Å²) in [5, 5.41) is 0. The Labute approximate surface area is 254 Å². The van der Waals surface area contributed by atoms with Crippen molar-refractivity contribution in [2.45, 2.75) is 39.8 Å². The molecule has 9 nitrogen and oxygen atoms in total. The van der Waals surface area contributed by atoms with Crippen LogP contribution >= 0.6 is 0 Å². The van der Waals surface area contributed by atoms with Crippen LogP contribution in [-0.4, -0.2) is 35.2 Å². The van der Waals surface area contributed by atoms with Crippen molar-refractivity contribution in [3.05, 3.63) is 104 Å².